The van der Waals surface area contributed by atoms with E-state index in [-0.39, 0.29) is 5.91 Å². The first-order valence-corrected chi connectivity index (χ1v) is 8.61. The maximum absolute atomic E-state index is 12.7. The van der Waals surface area contributed by atoms with Crippen molar-refractivity contribution in [3.05, 3.63) is 42.2 Å². The van der Waals surface area contributed by atoms with E-state index in [4.69, 9.17) is 0 Å². The maximum atomic E-state index is 12.7. The van der Waals surface area contributed by atoms with Gasteiger partial charge in [0.15, 0.2) is 0 Å². The first-order valence-electron chi connectivity index (χ1n) is 8.61. The minimum atomic E-state index is -0.510. The number of nitrogens with zero attached hydrogens (tertiary/aromatic N) is 4. The average molecular weight is 325 g/mol. The number of fused-ring (bicyclic) bond motifs is 2. The highest BCUT2D eigenvalue weighted by Crippen LogP contribution is 2.42. The van der Waals surface area contributed by atoms with E-state index in [0.29, 0.717) is 12.6 Å². The summed E-state index contributed by atoms with van der Waals surface area (Å²) in [5.74, 6) is 1.15. The van der Waals surface area contributed by atoms with Crippen LogP contribution in [0.25, 0.3) is 0 Å². The van der Waals surface area contributed by atoms with Gasteiger partial charge in [0, 0.05) is 31.2 Å². The summed E-state index contributed by atoms with van der Waals surface area (Å²) in [6.07, 6.45) is 7.52. The third-order valence-electron chi connectivity index (χ3n) is 5.19. The second kappa shape index (κ2) is 5.70. The molecule has 0 aromatic carbocycles. The molecule has 0 aliphatic carbocycles. The Kier molecular flexibility index (Phi) is 3.64. The predicted molar refractivity (Wildman–Crippen MR) is 91.7 cm³/mol. The number of carbonyl (C=O) groups is 1. The number of nitrogens with one attached hydrogen (secondary N) is 1. The average Bonchev–Trinajstić information content (AvgIpc) is 3.12. The number of hydrogen-bond acceptors (Lipinski definition) is 4. The van der Waals surface area contributed by atoms with Gasteiger partial charge in [-0.05, 0) is 45.4 Å². The highest BCUT2D eigenvalue weighted by Gasteiger charge is 2.50. The number of carbonyl (C=O) groups excluding carboxylic acids is 1. The van der Waals surface area contributed by atoms with E-state index >= 15 is 0 Å². The van der Waals surface area contributed by atoms with Crippen LogP contribution in [0.1, 0.15) is 44.2 Å². The van der Waals surface area contributed by atoms with Crippen LogP contribution >= 0.6 is 0 Å². The number of aromatic nitrogens is 3. The van der Waals surface area contributed by atoms with Crippen molar-refractivity contribution in [1.29, 1.82) is 0 Å². The number of pyridine rings is 1. The lowest BCUT2D eigenvalue weighted by Gasteiger charge is -2.38. The largest absolute Gasteiger partial charge is 0.331 e. The van der Waals surface area contributed by atoms with Gasteiger partial charge in [0.25, 0.3) is 0 Å². The van der Waals surface area contributed by atoms with Crippen LogP contribution in [-0.2, 0) is 16.8 Å². The third kappa shape index (κ3) is 2.33. The second-order valence-corrected chi connectivity index (χ2v) is 7.09. The van der Waals surface area contributed by atoms with Gasteiger partial charge in [-0.1, -0.05) is 0 Å². The zero-order chi connectivity index (χ0) is 16.7. The molecule has 2 aliphatic rings. The van der Waals surface area contributed by atoms with Gasteiger partial charge in [-0.2, -0.15) is 0 Å². The number of anilines is 1. The molecule has 0 bridgehead atoms. The van der Waals surface area contributed by atoms with Crippen molar-refractivity contribution in [2.45, 2.75) is 44.7 Å². The molecule has 2 aromatic heterocycles. The van der Waals surface area contributed by atoms with Crippen LogP contribution < -0.4 is 5.32 Å². The number of piperidine rings is 1. The van der Waals surface area contributed by atoms with Crippen LogP contribution in [0.3, 0.4) is 0 Å². The van der Waals surface area contributed by atoms with E-state index in [1.807, 2.05) is 24.5 Å². The molecule has 1 amide bonds. The quantitative estimate of drug-likeness (QED) is 0.941. The number of imidazole rings is 1. The van der Waals surface area contributed by atoms with Gasteiger partial charge < -0.3 is 9.88 Å². The first-order chi connectivity index (χ1) is 11.6. The Morgan fingerprint density at radius 1 is 1.33 bits per heavy atom. The number of rotatable bonds is 3. The summed E-state index contributed by atoms with van der Waals surface area (Å²) in [6, 6.07) is 4.20. The Labute approximate surface area is 141 Å². The molecule has 1 spiro atoms. The Hall–Kier alpha value is -2.21. The topological polar surface area (TPSA) is 63.1 Å². The zero-order valence-electron chi connectivity index (χ0n) is 14.2. The summed E-state index contributed by atoms with van der Waals surface area (Å²) in [6.45, 7) is 6.78. The molecule has 0 radical (unpaired) electrons. The van der Waals surface area contributed by atoms with Gasteiger partial charge in [-0.15, -0.1) is 0 Å². The Balaban J connectivity index is 1.60. The van der Waals surface area contributed by atoms with Crippen LogP contribution in [-0.4, -0.2) is 38.4 Å². The van der Waals surface area contributed by atoms with Crippen LogP contribution in [0, 0.1) is 0 Å². The molecule has 1 N–H and O–H groups in total. The molecule has 1 unspecified atom stereocenters. The number of amides is 1. The molecule has 6 nitrogen and oxygen atoms in total. The van der Waals surface area contributed by atoms with Crippen molar-refractivity contribution < 1.29 is 4.79 Å². The fraction of sp³-hybridized carbons (Fsp3) is 0.500. The van der Waals surface area contributed by atoms with E-state index in [2.05, 4.69) is 38.6 Å². The standard InChI is InChI=1S/C18H23N5O/c1-13(2)23-10-8-19-15(23)11-22-9-4-6-18(12-22)16-14(21-17(18)24)5-3-7-20-16/h3,5,7-8,10,13H,4,6,9,11-12H2,1-2H3,(H,21,24). The smallest absolute Gasteiger partial charge is 0.238 e. The van der Waals surface area contributed by atoms with Crippen molar-refractivity contribution in [3.63, 3.8) is 0 Å². The molecular formula is C18H23N5O. The minimum Gasteiger partial charge on any atom is -0.331 e. The molecular weight excluding hydrogens is 302 g/mol. The lowest BCUT2D eigenvalue weighted by molar-refractivity contribution is -0.123. The van der Waals surface area contributed by atoms with Crippen LogP contribution in [0.15, 0.2) is 30.7 Å². The van der Waals surface area contributed by atoms with E-state index in [1.54, 1.807) is 6.20 Å². The molecule has 4 rings (SSSR count). The number of likely N-dealkylation sites (tertiary alicyclic amines) is 1. The van der Waals surface area contributed by atoms with Crippen molar-refractivity contribution in [3.8, 4) is 0 Å². The van der Waals surface area contributed by atoms with Crippen molar-refractivity contribution in [2.24, 2.45) is 0 Å². The summed E-state index contributed by atoms with van der Waals surface area (Å²) in [4.78, 5) is 24.1. The fourth-order valence-corrected chi connectivity index (χ4v) is 4.03. The highest BCUT2D eigenvalue weighted by molar-refractivity contribution is 6.05. The van der Waals surface area contributed by atoms with Gasteiger partial charge in [0.1, 0.15) is 11.2 Å². The summed E-state index contributed by atoms with van der Waals surface area (Å²) >= 11 is 0. The molecule has 2 aromatic rings. The van der Waals surface area contributed by atoms with Crippen molar-refractivity contribution >= 4 is 11.6 Å². The van der Waals surface area contributed by atoms with Gasteiger partial charge >= 0.3 is 0 Å². The van der Waals surface area contributed by atoms with Gasteiger partial charge in [-0.25, -0.2) is 4.98 Å². The molecule has 1 saturated heterocycles. The molecule has 4 heterocycles. The number of hydrogen-bond donors (Lipinski definition) is 1. The molecule has 0 saturated carbocycles. The van der Waals surface area contributed by atoms with Crippen molar-refractivity contribution in [2.75, 3.05) is 18.4 Å². The molecule has 1 fully saturated rings. The normalized spacial score (nSPS) is 23.7. The van der Waals surface area contributed by atoms with Gasteiger partial charge in [-0.3, -0.25) is 14.7 Å². The summed E-state index contributed by atoms with van der Waals surface area (Å²) in [7, 11) is 0. The van der Waals surface area contributed by atoms with Crippen LogP contribution in [0.2, 0.25) is 0 Å². The summed E-state index contributed by atoms with van der Waals surface area (Å²) in [5, 5.41) is 3.02. The Morgan fingerprint density at radius 3 is 3.04 bits per heavy atom. The Morgan fingerprint density at radius 2 is 2.21 bits per heavy atom. The van der Waals surface area contributed by atoms with Crippen LogP contribution in [0.4, 0.5) is 5.69 Å². The van der Waals surface area contributed by atoms with E-state index in [9.17, 15) is 4.79 Å². The van der Waals surface area contributed by atoms with E-state index in [1.165, 1.54) is 0 Å². The molecule has 126 valence electrons. The molecule has 24 heavy (non-hydrogen) atoms. The third-order valence-corrected chi connectivity index (χ3v) is 5.19. The lowest BCUT2D eigenvalue weighted by atomic mass is 9.77. The van der Waals surface area contributed by atoms with Gasteiger partial charge in [0.2, 0.25) is 5.91 Å². The molecule has 2 aliphatic heterocycles. The predicted octanol–water partition coefficient (Wildman–Crippen LogP) is 2.34. The SMILES string of the molecule is CC(C)n1ccnc1CN1CCCC2(C1)C(=O)Nc1cccnc12. The first kappa shape index (κ1) is 15.3. The van der Waals surface area contributed by atoms with E-state index < -0.39 is 5.41 Å². The monoisotopic (exact) mass is 325 g/mol. The van der Waals surface area contributed by atoms with Gasteiger partial charge in [0.05, 0.1) is 17.9 Å². The summed E-state index contributed by atoms with van der Waals surface area (Å²) in [5.41, 5.74) is 1.27. The molecule has 1 atom stereocenters. The van der Waals surface area contributed by atoms with Crippen molar-refractivity contribution in [1.82, 2.24) is 19.4 Å². The zero-order valence-corrected chi connectivity index (χ0v) is 14.2. The maximum Gasteiger partial charge on any atom is 0.238 e. The fourth-order valence-electron chi connectivity index (χ4n) is 4.03. The van der Waals surface area contributed by atoms with Crippen LogP contribution in [0.5, 0.6) is 0 Å². The van der Waals surface area contributed by atoms with E-state index in [0.717, 1.165) is 43.1 Å². The lowest BCUT2D eigenvalue weighted by Crippen LogP contribution is -2.50. The summed E-state index contributed by atoms with van der Waals surface area (Å²) < 4.78 is 2.20. The highest BCUT2D eigenvalue weighted by atomic mass is 16.2. The second-order valence-electron chi connectivity index (χ2n) is 7.09. The Bertz CT molecular complexity index is 768. The molecule has 6 heteroatoms. The minimum absolute atomic E-state index is 0.0908.